The van der Waals surface area contributed by atoms with Gasteiger partial charge >= 0.3 is 0 Å². The van der Waals surface area contributed by atoms with Crippen molar-refractivity contribution in [3.8, 4) is 0 Å². The lowest BCUT2D eigenvalue weighted by Gasteiger charge is -2.22. The van der Waals surface area contributed by atoms with E-state index in [2.05, 4.69) is 15.3 Å². The third-order valence-electron chi connectivity index (χ3n) is 2.03. The van der Waals surface area contributed by atoms with Crippen molar-refractivity contribution >= 4 is 11.6 Å². The summed E-state index contributed by atoms with van der Waals surface area (Å²) in [6, 6.07) is 0. The number of hydrogen-bond donors (Lipinski definition) is 2. The molecule has 0 bridgehead atoms. The number of aliphatic hydroxyl groups excluding tert-OH is 1. The molecule has 0 saturated heterocycles. The van der Waals surface area contributed by atoms with Crippen LogP contribution in [0, 0.1) is 0 Å². The van der Waals surface area contributed by atoms with Crippen molar-refractivity contribution in [3.63, 3.8) is 0 Å². The fourth-order valence-electron chi connectivity index (χ4n) is 1.36. The molecule has 0 aliphatic heterocycles. The minimum absolute atomic E-state index is 0.106. The quantitative estimate of drug-likeness (QED) is 0.750. The zero-order chi connectivity index (χ0) is 12.7. The third kappa shape index (κ3) is 4.48. The van der Waals surface area contributed by atoms with Crippen molar-refractivity contribution in [1.82, 2.24) is 9.97 Å². The molecule has 96 valence electrons. The molecule has 1 aromatic rings. The number of aromatic nitrogens is 2. The molecule has 0 aliphatic carbocycles. The molecular weight excluding hydrogens is 230 g/mol. The topological polar surface area (TPSA) is 61.3 Å². The molecule has 1 rings (SSSR count). The van der Waals surface area contributed by atoms with Gasteiger partial charge in [0.25, 0.3) is 6.43 Å². The zero-order valence-electron chi connectivity index (χ0n) is 9.61. The molecule has 0 unspecified atom stereocenters. The number of nitrogens with zero attached hydrogens (tertiary/aromatic N) is 3. The highest BCUT2D eigenvalue weighted by Crippen LogP contribution is 2.13. The largest absolute Gasteiger partial charge is 0.395 e. The summed E-state index contributed by atoms with van der Waals surface area (Å²) >= 11 is 0. The van der Waals surface area contributed by atoms with Gasteiger partial charge in [0.1, 0.15) is 11.6 Å². The fourth-order valence-corrected chi connectivity index (χ4v) is 1.36. The molecule has 2 N–H and O–H groups in total. The molecule has 0 amide bonds. The maximum Gasteiger partial charge on any atom is 0.255 e. The number of alkyl halides is 2. The van der Waals surface area contributed by atoms with Crippen molar-refractivity contribution in [2.24, 2.45) is 0 Å². The van der Waals surface area contributed by atoms with Crippen molar-refractivity contribution in [2.75, 3.05) is 36.5 Å². The van der Waals surface area contributed by atoms with Crippen LogP contribution >= 0.6 is 0 Å². The van der Waals surface area contributed by atoms with Crippen molar-refractivity contribution < 1.29 is 13.9 Å². The van der Waals surface area contributed by atoms with E-state index in [0.717, 1.165) is 0 Å². The van der Waals surface area contributed by atoms with Gasteiger partial charge in [-0.25, -0.2) is 13.8 Å². The Bertz CT molecular complexity index is 338. The summed E-state index contributed by atoms with van der Waals surface area (Å²) in [5.74, 6) is 0.861. The Labute approximate surface area is 98.5 Å². The number of rotatable bonds is 7. The number of hydrogen-bond acceptors (Lipinski definition) is 5. The van der Waals surface area contributed by atoms with Crippen LogP contribution in [0.15, 0.2) is 12.4 Å². The molecule has 5 nitrogen and oxygen atoms in total. The van der Waals surface area contributed by atoms with Crippen LogP contribution in [-0.2, 0) is 0 Å². The van der Waals surface area contributed by atoms with Crippen LogP contribution in [0.2, 0.25) is 0 Å². The van der Waals surface area contributed by atoms with E-state index in [4.69, 9.17) is 5.11 Å². The molecule has 0 atom stereocenters. The second kappa shape index (κ2) is 6.95. The van der Waals surface area contributed by atoms with Gasteiger partial charge in [0.15, 0.2) is 0 Å². The summed E-state index contributed by atoms with van der Waals surface area (Å²) in [6.07, 6.45) is 0.442. The van der Waals surface area contributed by atoms with E-state index in [0.29, 0.717) is 18.2 Å². The molecule has 7 heteroatoms. The Morgan fingerprint density at radius 1 is 1.47 bits per heavy atom. The van der Waals surface area contributed by atoms with Gasteiger partial charge < -0.3 is 15.3 Å². The summed E-state index contributed by atoms with van der Waals surface area (Å²) in [7, 11) is 0. The normalized spacial score (nSPS) is 10.6. The predicted octanol–water partition coefficient (Wildman–Crippen LogP) is 0.972. The van der Waals surface area contributed by atoms with E-state index in [9.17, 15) is 8.78 Å². The Hall–Kier alpha value is -1.50. The van der Waals surface area contributed by atoms with E-state index >= 15 is 0 Å². The van der Waals surface area contributed by atoms with Crippen LogP contribution in [-0.4, -0.2) is 47.7 Å². The number of aliphatic hydroxyl groups is 1. The van der Waals surface area contributed by atoms with Crippen molar-refractivity contribution in [1.29, 1.82) is 0 Å². The minimum Gasteiger partial charge on any atom is -0.395 e. The lowest BCUT2D eigenvalue weighted by atomic mass is 10.4. The smallest absolute Gasteiger partial charge is 0.255 e. The maximum absolute atomic E-state index is 12.4. The first-order chi connectivity index (χ1) is 8.17. The van der Waals surface area contributed by atoms with Gasteiger partial charge in [-0.2, -0.15) is 0 Å². The summed E-state index contributed by atoms with van der Waals surface area (Å²) in [5.41, 5.74) is 0. The summed E-state index contributed by atoms with van der Waals surface area (Å²) in [6.45, 7) is 2.01. The molecule has 17 heavy (non-hydrogen) atoms. The summed E-state index contributed by atoms with van der Waals surface area (Å²) in [5, 5.41) is 11.8. The van der Waals surface area contributed by atoms with Crippen LogP contribution in [0.4, 0.5) is 20.4 Å². The predicted molar refractivity (Wildman–Crippen MR) is 61.5 cm³/mol. The highest BCUT2D eigenvalue weighted by atomic mass is 19.3. The van der Waals surface area contributed by atoms with Crippen LogP contribution < -0.4 is 10.2 Å². The molecule has 0 spiro atoms. The fraction of sp³-hybridized carbons (Fsp3) is 0.600. The Balaban J connectivity index is 2.81. The van der Waals surface area contributed by atoms with E-state index in [1.165, 1.54) is 17.3 Å². The average molecular weight is 246 g/mol. The Morgan fingerprint density at radius 3 is 2.82 bits per heavy atom. The van der Waals surface area contributed by atoms with Gasteiger partial charge in [-0.05, 0) is 6.92 Å². The molecule has 1 aromatic heterocycles. The van der Waals surface area contributed by atoms with E-state index in [-0.39, 0.29) is 13.2 Å². The van der Waals surface area contributed by atoms with E-state index < -0.39 is 13.0 Å². The van der Waals surface area contributed by atoms with Crippen LogP contribution in [0.25, 0.3) is 0 Å². The number of anilines is 2. The molecule has 0 aliphatic rings. The standard InChI is InChI=1S/C10H16F2N4O/c1-2-14-9-5-13-6-10(15-9)16(3-4-17)7-8(11)12/h5-6,8,17H,2-4,7H2,1H3,(H,14,15). The minimum atomic E-state index is -2.48. The van der Waals surface area contributed by atoms with E-state index in [1.807, 2.05) is 6.92 Å². The van der Waals surface area contributed by atoms with Gasteiger partial charge in [-0.3, -0.25) is 4.98 Å². The van der Waals surface area contributed by atoms with Gasteiger partial charge in [-0.15, -0.1) is 0 Å². The highest BCUT2D eigenvalue weighted by molar-refractivity contribution is 5.43. The molecular formula is C10H16F2N4O. The first kappa shape index (κ1) is 13.6. The molecule has 0 radical (unpaired) electrons. The zero-order valence-corrected chi connectivity index (χ0v) is 9.61. The molecule has 0 fully saturated rings. The van der Waals surface area contributed by atoms with Gasteiger partial charge in [0, 0.05) is 13.1 Å². The molecule has 1 heterocycles. The first-order valence-corrected chi connectivity index (χ1v) is 5.37. The second-order valence-corrected chi connectivity index (χ2v) is 3.35. The Morgan fingerprint density at radius 2 is 2.24 bits per heavy atom. The number of nitrogens with one attached hydrogen (secondary N) is 1. The average Bonchev–Trinajstić information content (AvgIpc) is 2.29. The van der Waals surface area contributed by atoms with Crippen LogP contribution in [0.1, 0.15) is 6.92 Å². The Kier molecular flexibility index (Phi) is 5.55. The third-order valence-corrected chi connectivity index (χ3v) is 2.03. The first-order valence-electron chi connectivity index (χ1n) is 5.37. The maximum atomic E-state index is 12.4. The molecule has 0 saturated carbocycles. The lowest BCUT2D eigenvalue weighted by Crippen LogP contribution is -2.32. The van der Waals surface area contributed by atoms with Gasteiger partial charge in [0.2, 0.25) is 0 Å². The lowest BCUT2D eigenvalue weighted by molar-refractivity contribution is 0.152. The van der Waals surface area contributed by atoms with Crippen molar-refractivity contribution in [3.05, 3.63) is 12.4 Å². The second-order valence-electron chi connectivity index (χ2n) is 3.35. The van der Waals surface area contributed by atoms with Crippen molar-refractivity contribution in [2.45, 2.75) is 13.3 Å². The van der Waals surface area contributed by atoms with Gasteiger partial charge in [0.05, 0.1) is 25.5 Å². The van der Waals surface area contributed by atoms with Gasteiger partial charge in [-0.1, -0.05) is 0 Å². The van der Waals surface area contributed by atoms with E-state index in [1.54, 1.807) is 0 Å². The highest BCUT2D eigenvalue weighted by Gasteiger charge is 2.14. The summed E-state index contributed by atoms with van der Waals surface area (Å²) < 4.78 is 24.7. The summed E-state index contributed by atoms with van der Waals surface area (Å²) in [4.78, 5) is 9.37. The van der Waals surface area contributed by atoms with Crippen LogP contribution in [0.3, 0.4) is 0 Å². The molecule has 0 aromatic carbocycles. The monoisotopic (exact) mass is 246 g/mol. The number of halogens is 2. The van der Waals surface area contributed by atoms with Crippen LogP contribution in [0.5, 0.6) is 0 Å². The SMILES string of the molecule is CCNc1cncc(N(CCO)CC(F)F)n1.